The molecule has 0 radical (unpaired) electrons. The maximum atomic E-state index is 11.8. The van der Waals surface area contributed by atoms with Gasteiger partial charge in [0.15, 0.2) is 0 Å². The monoisotopic (exact) mass is 278 g/mol. The molecule has 0 fully saturated rings. The summed E-state index contributed by atoms with van der Waals surface area (Å²) in [5.74, 6) is -0.592. The molecule has 0 spiro atoms. The van der Waals surface area contributed by atoms with Crippen LogP contribution in [0.15, 0.2) is 23.4 Å². The van der Waals surface area contributed by atoms with E-state index in [0.717, 1.165) is 0 Å². The minimum atomic E-state index is -3.76. The zero-order valence-corrected chi connectivity index (χ0v) is 10.8. The second-order valence-electron chi connectivity index (χ2n) is 3.34. The third-order valence-electron chi connectivity index (χ3n) is 2.09. The average molecular weight is 278 g/mol. The van der Waals surface area contributed by atoms with Gasteiger partial charge >= 0.3 is 5.97 Å². The lowest BCUT2D eigenvalue weighted by atomic mass is 10.2. The number of sulfonamides is 1. The van der Waals surface area contributed by atoms with Crippen LogP contribution in [0.5, 0.6) is 0 Å². The molecule has 1 aromatic heterocycles. The van der Waals surface area contributed by atoms with Crippen molar-refractivity contribution in [2.45, 2.75) is 17.4 Å². The van der Waals surface area contributed by atoms with E-state index in [1.165, 1.54) is 30.2 Å². The molecule has 0 aliphatic rings. The number of H-pyrrole nitrogens is 1. The first-order valence-electron chi connectivity index (χ1n) is 4.84. The normalized spacial score (nSPS) is 13.5. The first-order valence-corrected chi connectivity index (χ1v) is 7.72. The summed E-state index contributed by atoms with van der Waals surface area (Å²) < 4.78 is 25.7. The van der Waals surface area contributed by atoms with Crippen LogP contribution < -0.4 is 4.72 Å². The maximum absolute atomic E-state index is 11.8. The molecule has 1 atom stereocenters. The summed E-state index contributed by atoms with van der Waals surface area (Å²) in [7, 11) is -3.76. The Morgan fingerprint density at radius 2 is 2.35 bits per heavy atom. The number of hydrogen-bond donors (Lipinski definition) is 3. The van der Waals surface area contributed by atoms with Gasteiger partial charge in [-0.25, -0.2) is 8.42 Å². The van der Waals surface area contributed by atoms with Gasteiger partial charge < -0.3 is 10.1 Å². The zero-order valence-electron chi connectivity index (χ0n) is 9.21. The molecule has 1 aromatic rings. The fraction of sp³-hybridized carbons (Fsp3) is 0.444. The molecule has 1 heterocycles. The van der Waals surface area contributed by atoms with Gasteiger partial charge in [-0.1, -0.05) is 0 Å². The lowest BCUT2D eigenvalue weighted by Crippen LogP contribution is -2.40. The van der Waals surface area contributed by atoms with E-state index in [2.05, 4.69) is 9.71 Å². The number of thioether (sulfide) groups is 1. The maximum Gasteiger partial charge on any atom is 0.321 e. The molecular formula is C9H14N2O4S2. The quantitative estimate of drug-likeness (QED) is 0.674. The third kappa shape index (κ3) is 4.06. The fourth-order valence-corrected chi connectivity index (χ4v) is 2.87. The molecule has 0 unspecified atom stereocenters. The van der Waals surface area contributed by atoms with E-state index in [0.29, 0.717) is 5.75 Å². The van der Waals surface area contributed by atoms with Gasteiger partial charge in [-0.3, -0.25) is 4.79 Å². The number of hydrogen-bond acceptors (Lipinski definition) is 4. The van der Waals surface area contributed by atoms with Crippen molar-refractivity contribution in [2.75, 3.05) is 12.0 Å². The van der Waals surface area contributed by atoms with E-state index >= 15 is 0 Å². The second-order valence-corrected chi connectivity index (χ2v) is 6.04. The second kappa shape index (κ2) is 6.08. The SMILES string of the molecule is CSCC[C@H](NS(=O)(=O)c1cc[nH]c1)C(=O)O. The molecule has 0 aromatic carbocycles. The largest absolute Gasteiger partial charge is 0.480 e. The number of aromatic amines is 1. The van der Waals surface area contributed by atoms with Crippen LogP contribution in [0.3, 0.4) is 0 Å². The Balaban J connectivity index is 2.76. The number of aliphatic carboxylic acids is 1. The van der Waals surface area contributed by atoms with Gasteiger partial charge in [0.25, 0.3) is 0 Å². The van der Waals surface area contributed by atoms with Gasteiger partial charge in [0.05, 0.1) is 4.90 Å². The predicted octanol–water partition coefficient (Wildman–Crippen LogP) is 0.499. The van der Waals surface area contributed by atoms with Crippen LogP contribution in [0.2, 0.25) is 0 Å². The first-order chi connectivity index (χ1) is 7.97. The molecule has 17 heavy (non-hydrogen) atoms. The standard InChI is InChI=1S/C9H14N2O4S2/c1-16-5-3-8(9(12)13)11-17(14,15)7-2-4-10-6-7/h2,4,6,8,10-11H,3,5H2,1H3,(H,12,13)/t8-/m0/s1. The Labute approximate surface area is 104 Å². The van der Waals surface area contributed by atoms with Gasteiger partial charge in [0.1, 0.15) is 6.04 Å². The molecule has 1 rings (SSSR count). The summed E-state index contributed by atoms with van der Waals surface area (Å²) in [6, 6.07) is 0.276. The molecule has 0 amide bonds. The number of carboxylic acids is 1. The van der Waals surface area contributed by atoms with Crippen LogP contribution >= 0.6 is 11.8 Å². The minimum absolute atomic E-state index is 0.0351. The topological polar surface area (TPSA) is 99.3 Å². The van der Waals surface area contributed by atoms with Crippen molar-refractivity contribution >= 4 is 27.8 Å². The third-order valence-corrected chi connectivity index (χ3v) is 4.20. The Morgan fingerprint density at radius 3 is 2.82 bits per heavy atom. The molecular weight excluding hydrogens is 264 g/mol. The highest BCUT2D eigenvalue weighted by Gasteiger charge is 2.24. The summed E-state index contributed by atoms with van der Waals surface area (Å²) >= 11 is 1.47. The van der Waals surface area contributed by atoms with Crippen molar-refractivity contribution in [3.05, 3.63) is 18.5 Å². The van der Waals surface area contributed by atoms with Gasteiger partial charge in [0, 0.05) is 12.4 Å². The molecule has 6 nitrogen and oxygen atoms in total. The Bertz CT molecular complexity index is 455. The molecule has 0 aliphatic heterocycles. The van der Waals surface area contributed by atoms with Crippen LogP contribution in [-0.4, -0.2) is 42.5 Å². The van der Waals surface area contributed by atoms with Crippen LogP contribution in [0.25, 0.3) is 0 Å². The van der Waals surface area contributed by atoms with E-state index in [9.17, 15) is 13.2 Å². The molecule has 0 saturated carbocycles. The first kappa shape index (κ1) is 14.1. The van der Waals surface area contributed by atoms with Gasteiger partial charge in [-0.2, -0.15) is 16.5 Å². The summed E-state index contributed by atoms with van der Waals surface area (Å²) in [4.78, 5) is 13.6. The highest BCUT2D eigenvalue weighted by Crippen LogP contribution is 2.09. The summed E-state index contributed by atoms with van der Waals surface area (Å²) in [6.45, 7) is 0. The molecule has 0 saturated heterocycles. The molecule has 96 valence electrons. The summed E-state index contributed by atoms with van der Waals surface area (Å²) in [6.07, 6.45) is 4.85. The Hall–Kier alpha value is -0.990. The molecule has 3 N–H and O–H groups in total. The lowest BCUT2D eigenvalue weighted by molar-refractivity contribution is -0.139. The van der Waals surface area contributed by atoms with E-state index in [-0.39, 0.29) is 11.3 Å². The van der Waals surface area contributed by atoms with Crippen molar-refractivity contribution < 1.29 is 18.3 Å². The van der Waals surface area contributed by atoms with Crippen molar-refractivity contribution in [1.82, 2.24) is 9.71 Å². The molecule has 0 bridgehead atoms. The van der Waals surface area contributed by atoms with Crippen molar-refractivity contribution in [3.8, 4) is 0 Å². The van der Waals surface area contributed by atoms with Crippen LogP contribution in [-0.2, 0) is 14.8 Å². The molecule has 8 heteroatoms. The van der Waals surface area contributed by atoms with Crippen molar-refractivity contribution in [3.63, 3.8) is 0 Å². The van der Waals surface area contributed by atoms with E-state index in [1.807, 2.05) is 6.26 Å². The number of carbonyl (C=O) groups is 1. The van der Waals surface area contributed by atoms with Crippen molar-refractivity contribution in [1.29, 1.82) is 0 Å². The lowest BCUT2D eigenvalue weighted by Gasteiger charge is -2.13. The van der Waals surface area contributed by atoms with Gasteiger partial charge in [0.2, 0.25) is 10.0 Å². The minimum Gasteiger partial charge on any atom is -0.480 e. The highest BCUT2D eigenvalue weighted by atomic mass is 32.2. The summed E-state index contributed by atoms with van der Waals surface area (Å²) in [5, 5.41) is 8.92. The Kier molecular flexibility index (Phi) is 5.03. The number of nitrogens with one attached hydrogen (secondary N) is 2. The van der Waals surface area contributed by atoms with E-state index in [1.54, 1.807) is 0 Å². The van der Waals surface area contributed by atoms with Crippen LogP contribution in [0.1, 0.15) is 6.42 Å². The number of aromatic nitrogens is 1. The van der Waals surface area contributed by atoms with E-state index < -0.39 is 22.0 Å². The molecule has 0 aliphatic carbocycles. The zero-order chi connectivity index (χ0) is 12.9. The number of carboxylic acid groups (broad SMARTS) is 1. The summed E-state index contributed by atoms with van der Waals surface area (Å²) in [5.41, 5.74) is 0. The fourth-order valence-electron chi connectivity index (χ4n) is 1.20. The van der Waals surface area contributed by atoms with Crippen molar-refractivity contribution in [2.24, 2.45) is 0 Å². The Morgan fingerprint density at radius 1 is 1.65 bits per heavy atom. The van der Waals surface area contributed by atoms with Crippen LogP contribution in [0, 0.1) is 0 Å². The average Bonchev–Trinajstić information content (AvgIpc) is 2.77. The predicted molar refractivity (Wildman–Crippen MR) is 65.5 cm³/mol. The van der Waals surface area contributed by atoms with Gasteiger partial charge in [-0.15, -0.1) is 0 Å². The number of rotatable bonds is 7. The van der Waals surface area contributed by atoms with Crippen LogP contribution in [0.4, 0.5) is 0 Å². The van der Waals surface area contributed by atoms with Gasteiger partial charge in [-0.05, 0) is 24.5 Å². The highest BCUT2D eigenvalue weighted by molar-refractivity contribution is 7.98. The smallest absolute Gasteiger partial charge is 0.321 e. The van der Waals surface area contributed by atoms with E-state index in [4.69, 9.17) is 5.11 Å².